The first kappa shape index (κ1) is 17.7. The van der Waals surface area contributed by atoms with E-state index in [-0.39, 0.29) is 24.0 Å². The Morgan fingerprint density at radius 3 is 3.05 bits per heavy atom. The largest absolute Gasteiger partial charge is 0.370 e. The van der Waals surface area contributed by atoms with Gasteiger partial charge in [-0.05, 0) is 50.7 Å². The second-order valence-electron chi connectivity index (χ2n) is 5.10. The zero-order valence-electron chi connectivity index (χ0n) is 12.2. The van der Waals surface area contributed by atoms with Crippen molar-refractivity contribution in [1.82, 2.24) is 10.2 Å². The molecule has 0 aromatic carbocycles. The fourth-order valence-electron chi connectivity index (χ4n) is 2.81. The molecule has 0 bridgehead atoms. The van der Waals surface area contributed by atoms with Crippen LogP contribution in [0.15, 0.2) is 22.5 Å². The summed E-state index contributed by atoms with van der Waals surface area (Å²) in [5.74, 6) is 1.13. The van der Waals surface area contributed by atoms with E-state index < -0.39 is 0 Å². The first-order valence-corrected chi connectivity index (χ1v) is 7.87. The van der Waals surface area contributed by atoms with E-state index in [1.54, 1.807) is 0 Å². The number of halogens is 1. The Bertz CT molecular complexity index is 407. The molecule has 6 heteroatoms. The van der Waals surface area contributed by atoms with E-state index in [1.807, 2.05) is 18.3 Å². The molecule has 2 heterocycles. The van der Waals surface area contributed by atoms with Crippen molar-refractivity contribution in [2.75, 3.05) is 26.7 Å². The van der Waals surface area contributed by atoms with Crippen molar-refractivity contribution in [3.63, 3.8) is 0 Å². The van der Waals surface area contributed by atoms with Crippen LogP contribution in [0.4, 0.5) is 0 Å². The normalized spacial score (nSPS) is 24.2. The van der Waals surface area contributed by atoms with Gasteiger partial charge in [0.25, 0.3) is 0 Å². The predicted molar refractivity (Wildman–Crippen MR) is 98.0 cm³/mol. The van der Waals surface area contributed by atoms with Gasteiger partial charge in [-0.1, -0.05) is 6.07 Å². The van der Waals surface area contributed by atoms with Crippen molar-refractivity contribution in [3.05, 3.63) is 22.4 Å². The van der Waals surface area contributed by atoms with Gasteiger partial charge in [0.05, 0.1) is 0 Å². The Hall–Kier alpha value is -0.340. The monoisotopic (exact) mass is 408 g/mol. The van der Waals surface area contributed by atoms with Crippen LogP contribution >= 0.6 is 35.3 Å². The van der Waals surface area contributed by atoms with Gasteiger partial charge in [-0.25, -0.2) is 0 Å². The fourth-order valence-corrected chi connectivity index (χ4v) is 3.80. The number of nitrogens with two attached hydrogens (primary N) is 1. The van der Waals surface area contributed by atoms with Crippen molar-refractivity contribution in [3.8, 4) is 0 Å². The van der Waals surface area contributed by atoms with Crippen LogP contribution in [0.5, 0.6) is 0 Å². The summed E-state index contributed by atoms with van der Waals surface area (Å²) in [6.07, 6.45) is 2.48. The van der Waals surface area contributed by atoms with E-state index in [9.17, 15) is 0 Å². The molecular weight excluding hydrogens is 383 g/mol. The lowest BCUT2D eigenvalue weighted by molar-refractivity contribution is 0.128. The highest BCUT2D eigenvalue weighted by atomic mass is 127. The Morgan fingerprint density at radius 2 is 2.40 bits per heavy atom. The topological polar surface area (TPSA) is 53.6 Å². The SMILES string of the molecule is CCNC(N)=NCC1CCCN(C)C1c1cccs1.I. The van der Waals surface area contributed by atoms with Gasteiger partial charge in [-0.15, -0.1) is 35.3 Å². The number of rotatable bonds is 4. The average Bonchev–Trinajstić information content (AvgIpc) is 2.90. The highest BCUT2D eigenvalue weighted by molar-refractivity contribution is 14.0. The molecule has 0 saturated carbocycles. The first-order valence-electron chi connectivity index (χ1n) is 6.99. The number of piperidine rings is 1. The van der Waals surface area contributed by atoms with Gasteiger partial charge in [0.15, 0.2) is 5.96 Å². The van der Waals surface area contributed by atoms with Gasteiger partial charge in [-0.2, -0.15) is 0 Å². The maximum absolute atomic E-state index is 5.83. The molecule has 1 aliphatic heterocycles. The van der Waals surface area contributed by atoms with Gasteiger partial charge in [0.1, 0.15) is 0 Å². The van der Waals surface area contributed by atoms with E-state index in [0.29, 0.717) is 17.9 Å². The average molecular weight is 408 g/mol. The van der Waals surface area contributed by atoms with E-state index in [1.165, 1.54) is 24.3 Å². The maximum Gasteiger partial charge on any atom is 0.188 e. The summed E-state index contributed by atoms with van der Waals surface area (Å²) < 4.78 is 0. The quantitative estimate of drug-likeness (QED) is 0.458. The maximum atomic E-state index is 5.83. The lowest BCUT2D eigenvalue weighted by atomic mass is 9.88. The van der Waals surface area contributed by atoms with E-state index >= 15 is 0 Å². The van der Waals surface area contributed by atoms with Crippen LogP contribution in [-0.2, 0) is 0 Å². The molecule has 4 nitrogen and oxygen atoms in total. The van der Waals surface area contributed by atoms with Crippen molar-refractivity contribution in [1.29, 1.82) is 0 Å². The summed E-state index contributed by atoms with van der Waals surface area (Å²) >= 11 is 1.84. The summed E-state index contributed by atoms with van der Waals surface area (Å²) in [6.45, 7) is 4.84. The summed E-state index contributed by atoms with van der Waals surface area (Å²) in [4.78, 5) is 8.40. The van der Waals surface area contributed by atoms with Crippen molar-refractivity contribution in [2.45, 2.75) is 25.8 Å². The van der Waals surface area contributed by atoms with Crippen LogP contribution in [0.3, 0.4) is 0 Å². The summed E-state index contributed by atoms with van der Waals surface area (Å²) in [7, 11) is 2.22. The van der Waals surface area contributed by atoms with Crippen LogP contribution in [-0.4, -0.2) is 37.5 Å². The molecule has 0 spiro atoms. The Morgan fingerprint density at radius 1 is 1.60 bits per heavy atom. The number of hydrogen-bond acceptors (Lipinski definition) is 3. The van der Waals surface area contributed by atoms with Crippen molar-refractivity contribution < 1.29 is 0 Å². The second kappa shape index (κ2) is 8.84. The van der Waals surface area contributed by atoms with E-state index in [2.05, 4.69) is 39.8 Å². The second-order valence-corrected chi connectivity index (χ2v) is 6.08. The first-order chi connectivity index (χ1) is 9.22. The highest BCUT2D eigenvalue weighted by Gasteiger charge is 2.30. The van der Waals surface area contributed by atoms with Crippen LogP contribution < -0.4 is 11.1 Å². The van der Waals surface area contributed by atoms with Gasteiger partial charge in [0.2, 0.25) is 0 Å². The predicted octanol–water partition coefficient (Wildman–Crippen LogP) is 2.67. The molecule has 0 aliphatic carbocycles. The lowest BCUT2D eigenvalue weighted by Crippen LogP contribution is -2.38. The highest BCUT2D eigenvalue weighted by Crippen LogP contribution is 2.37. The smallest absolute Gasteiger partial charge is 0.188 e. The molecule has 0 radical (unpaired) electrons. The number of guanidine groups is 1. The van der Waals surface area contributed by atoms with Crippen LogP contribution in [0.2, 0.25) is 0 Å². The van der Waals surface area contributed by atoms with Gasteiger partial charge in [0, 0.05) is 24.0 Å². The lowest BCUT2D eigenvalue weighted by Gasteiger charge is -2.38. The van der Waals surface area contributed by atoms with Gasteiger partial charge >= 0.3 is 0 Å². The standard InChI is InChI=1S/C14H24N4S.HI/c1-3-16-14(15)17-10-11-6-4-8-18(2)13(11)12-7-5-9-19-12;/h5,7,9,11,13H,3-4,6,8,10H2,1-2H3,(H3,15,16,17);1H. The minimum atomic E-state index is 0. The van der Waals surface area contributed by atoms with E-state index in [4.69, 9.17) is 5.73 Å². The number of nitrogens with one attached hydrogen (secondary N) is 1. The molecule has 2 atom stereocenters. The minimum absolute atomic E-state index is 0. The van der Waals surface area contributed by atoms with Crippen molar-refractivity contribution >= 4 is 41.3 Å². The molecular formula is C14H25IN4S. The fraction of sp³-hybridized carbons (Fsp3) is 0.643. The van der Waals surface area contributed by atoms with Crippen LogP contribution in [0.1, 0.15) is 30.7 Å². The number of thiophene rings is 1. The summed E-state index contributed by atoms with van der Waals surface area (Å²) in [5.41, 5.74) is 5.83. The molecule has 20 heavy (non-hydrogen) atoms. The number of hydrogen-bond donors (Lipinski definition) is 2. The Kier molecular flexibility index (Phi) is 7.83. The third kappa shape index (κ3) is 4.60. The van der Waals surface area contributed by atoms with Crippen LogP contribution in [0.25, 0.3) is 0 Å². The van der Waals surface area contributed by atoms with Crippen LogP contribution in [0, 0.1) is 5.92 Å². The zero-order chi connectivity index (χ0) is 13.7. The molecule has 0 amide bonds. The minimum Gasteiger partial charge on any atom is -0.370 e. The molecule has 2 unspecified atom stereocenters. The molecule has 1 fully saturated rings. The zero-order valence-corrected chi connectivity index (χ0v) is 15.4. The van der Waals surface area contributed by atoms with Gasteiger partial charge in [-0.3, -0.25) is 9.89 Å². The molecule has 1 aliphatic rings. The number of nitrogens with zero attached hydrogens (tertiary/aromatic N) is 2. The molecule has 1 aromatic rings. The van der Waals surface area contributed by atoms with Crippen molar-refractivity contribution in [2.24, 2.45) is 16.6 Å². The summed E-state index contributed by atoms with van der Waals surface area (Å²) in [5, 5.41) is 5.22. The molecule has 3 N–H and O–H groups in total. The Balaban J connectivity index is 0.00000200. The van der Waals surface area contributed by atoms with Gasteiger partial charge < -0.3 is 11.1 Å². The third-order valence-corrected chi connectivity index (χ3v) is 4.64. The summed E-state index contributed by atoms with van der Waals surface area (Å²) in [6, 6.07) is 4.86. The molecule has 2 rings (SSSR count). The third-order valence-electron chi connectivity index (χ3n) is 3.70. The Labute approximate surface area is 142 Å². The number of likely N-dealkylation sites (tertiary alicyclic amines) is 1. The van der Waals surface area contributed by atoms with E-state index in [0.717, 1.165) is 13.1 Å². The molecule has 114 valence electrons. The molecule has 1 saturated heterocycles. The molecule has 1 aromatic heterocycles. The number of aliphatic imine (C=N–C) groups is 1.